The van der Waals surface area contributed by atoms with Gasteiger partial charge < -0.3 is 10.5 Å². The van der Waals surface area contributed by atoms with Gasteiger partial charge in [-0.2, -0.15) is 0 Å². The van der Waals surface area contributed by atoms with E-state index in [0.717, 1.165) is 22.5 Å². The van der Waals surface area contributed by atoms with E-state index in [2.05, 4.69) is 19.1 Å². The molecule has 1 aliphatic carbocycles. The molecule has 0 saturated heterocycles. The second-order valence-electron chi connectivity index (χ2n) is 5.67. The Hall–Kier alpha value is -0.670. The Morgan fingerprint density at radius 3 is 2.79 bits per heavy atom. The lowest BCUT2D eigenvalue weighted by Crippen LogP contribution is -2.16. The van der Waals surface area contributed by atoms with E-state index in [-0.39, 0.29) is 6.04 Å². The van der Waals surface area contributed by atoms with E-state index >= 15 is 0 Å². The largest absolute Gasteiger partial charge is 0.496 e. The van der Waals surface area contributed by atoms with Gasteiger partial charge in [0.1, 0.15) is 5.75 Å². The first-order valence-corrected chi connectivity index (χ1v) is 8.09. The highest BCUT2D eigenvalue weighted by Crippen LogP contribution is 2.41. The Balaban J connectivity index is 2.19. The summed E-state index contributed by atoms with van der Waals surface area (Å²) in [7, 11) is 1.72. The third-order valence-corrected chi connectivity index (χ3v) is 5.25. The van der Waals surface area contributed by atoms with Gasteiger partial charge in [-0.3, -0.25) is 0 Å². The van der Waals surface area contributed by atoms with Crippen molar-refractivity contribution in [2.24, 2.45) is 11.7 Å². The molecule has 1 fully saturated rings. The molecule has 3 atom stereocenters. The first-order chi connectivity index (χ1) is 9.11. The van der Waals surface area contributed by atoms with Crippen LogP contribution in [0, 0.1) is 5.92 Å². The Morgan fingerprint density at radius 1 is 1.37 bits per heavy atom. The molecule has 0 radical (unpaired) electrons. The molecule has 0 amide bonds. The van der Waals surface area contributed by atoms with E-state index in [0.29, 0.717) is 0 Å². The Kier molecular flexibility index (Phi) is 5.17. The summed E-state index contributed by atoms with van der Waals surface area (Å²) in [6.45, 7) is 4.40. The fourth-order valence-electron chi connectivity index (χ4n) is 2.92. The highest BCUT2D eigenvalue weighted by atomic mass is 32.2. The fraction of sp³-hybridized carbons (Fsp3) is 0.625. The molecule has 2 rings (SSSR count). The maximum Gasteiger partial charge on any atom is 0.124 e. The molecular weight excluding hydrogens is 254 g/mol. The molecular formula is C16H25NOS. The van der Waals surface area contributed by atoms with Crippen molar-refractivity contribution in [3.05, 3.63) is 23.8 Å². The van der Waals surface area contributed by atoms with Gasteiger partial charge in [0.25, 0.3) is 0 Å². The normalized spacial score (nSPS) is 25.1. The van der Waals surface area contributed by atoms with Crippen LogP contribution in [0.25, 0.3) is 0 Å². The van der Waals surface area contributed by atoms with Crippen LogP contribution < -0.4 is 10.5 Å². The van der Waals surface area contributed by atoms with E-state index in [1.807, 2.05) is 24.8 Å². The minimum absolute atomic E-state index is 0.0136. The van der Waals surface area contributed by atoms with Crippen LogP contribution in [0.3, 0.4) is 0 Å². The molecule has 3 heteroatoms. The first-order valence-electron chi connectivity index (χ1n) is 7.21. The standard InChI is InChI=1S/C16H25NOS/c1-11-6-4-7-13(10-11)19-15-9-5-8-14(18-3)16(15)12(2)17/h5,8-9,11-13H,4,6-7,10,17H2,1-3H3/t11?,12-,13?/m0/s1. The van der Waals surface area contributed by atoms with E-state index in [4.69, 9.17) is 10.5 Å². The summed E-state index contributed by atoms with van der Waals surface area (Å²) in [5.74, 6) is 1.78. The van der Waals surface area contributed by atoms with Crippen molar-refractivity contribution >= 4 is 11.8 Å². The van der Waals surface area contributed by atoms with Crippen LogP contribution in [0.15, 0.2) is 23.1 Å². The summed E-state index contributed by atoms with van der Waals surface area (Å²) in [6, 6.07) is 6.27. The lowest BCUT2D eigenvalue weighted by molar-refractivity contribution is 0.393. The Bertz CT molecular complexity index is 419. The van der Waals surface area contributed by atoms with Gasteiger partial charge in [0.15, 0.2) is 0 Å². The lowest BCUT2D eigenvalue weighted by atomic mass is 9.91. The van der Waals surface area contributed by atoms with E-state index in [9.17, 15) is 0 Å². The number of ether oxygens (including phenoxy) is 1. The highest BCUT2D eigenvalue weighted by Gasteiger charge is 2.22. The Labute approximate surface area is 121 Å². The molecule has 0 aromatic heterocycles. The van der Waals surface area contributed by atoms with Crippen molar-refractivity contribution in [1.29, 1.82) is 0 Å². The molecule has 2 N–H and O–H groups in total. The van der Waals surface area contributed by atoms with Crippen LogP contribution in [0.4, 0.5) is 0 Å². The predicted molar refractivity (Wildman–Crippen MR) is 82.9 cm³/mol. The third-order valence-electron chi connectivity index (χ3n) is 3.88. The molecule has 1 aromatic rings. The zero-order chi connectivity index (χ0) is 13.8. The van der Waals surface area contributed by atoms with Gasteiger partial charge in [-0.05, 0) is 37.8 Å². The number of rotatable bonds is 4. The number of hydrogen-bond donors (Lipinski definition) is 1. The van der Waals surface area contributed by atoms with Crippen molar-refractivity contribution in [1.82, 2.24) is 0 Å². The zero-order valence-electron chi connectivity index (χ0n) is 12.2. The molecule has 1 saturated carbocycles. The number of nitrogens with two attached hydrogens (primary N) is 1. The van der Waals surface area contributed by atoms with Crippen LogP contribution >= 0.6 is 11.8 Å². The van der Waals surface area contributed by atoms with Crippen molar-refractivity contribution in [2.45, 2.75) is 55.7 Å². The Morgan fingerprint density at radius 2 is 2.16 bits per heavy atom. The van der Waals surface area contributed by atoms with Gasteiger partial charge in [-0.15, -0.1) is 11.8 Å². The predicted octanol–water partition coefficient (Wildman–Crippen LogP) is 4.39. The number of thioether (sulfide) groups is 1. The summed E-state index contributed by atoms with van der Waals surface area (Å²) in [4.78, 5) is 1.30. The molecule has 0 heterocycles. The second kappa shape index (κ2) is 6.67. The number of methoxy groups -OCH3 is 1. The molecule has 19 heavy (non-hydrogen) atoms. The first kappa shape index (κ1) is 14.7. The lowest BCUT2D eigenvalue weighted by Gasteiger charge is -2.27. The van der Waals surface area contributed by atoms with Crippen molar-refractivity contribution in [3.8, 4) is 5.75 Å². The maximum atomic E-state index is 6.13. The third kappa shape index (κ3) is 3.67. The van der Waals surface area contributed by atoms with Gasteiger partial charge in [0.05, 0.1) is 7.11 Å². The molecule has 2 unspecified atom stereocenters. The summed E-state index contributed by atoms with van der Waals surface area (Å²) in [5, 5.41) is 0.730. The average Bonchev–Trinajstić information content (AvgIpc) is 2.38. The summed E-state index contributed by atoms with van der Waals surface area (Å²) in [6.07, 6.45) is 5.39. The van der Waals surface area contributed by atoms with Gasteiger partial charge in [0.2, 0.25) is 0 Å². The molecule has 1 aliphatic rings. The SMILES string of the molecule is COc1cccc(SC2CCCC(C)C2)c1[C@H](C)N. The number of hydrogen-bond acceptors (Lipinski definition) is 3. The van der Waals surface area contributed by atoms with Gasteiger partial charge in [-0.1, -0.05) is 25.8 Å². The van der Waals surface area contributed by atoms with Crippen LogP contribution in [0.5, 0.6) is 5.75 Å². The topological polar surface area (TPSA) is 35.2 Å². The summed E-state index contributed by atoms with van der Waals surface area (Å²) < 4.78 is 5.46. The minimum atomic E-state index is 0.0136. The molecule has 2 nitrogen and oxygen atoms in total. The molecule has 0 aliphatic heterocycles. The fourth-order valence-corrected chi connectivity index (χ4v) is 4.56. The van der Waals surface area contributed by atoms with Crippen molar-refractivity contribution in [2.75, 3.05) is 7.11 Å². The maximum absolute atomic E-state index is 6.13. The van der Waals surface area contributed by atoms with E-state index < -0.39 is 0 Å². The van der Waals surface area contributed by atoms with Gasteiger partial charge in [-0.25, -0.2) is 0 Å². The van der Waals surface area contributed by atoms with Crippen molar-refractivity contribution in [3.63, 3.8) is 0 Å². The molecule has 0 bridgehead atoms. The van der Waals surface area contributed by atoms with Crippen LogP contribution in [0.2, 0.25) is 0 Å². The highest BCUT2D eigenvalue weighted by molar-refractivity contribution is 8.00. The second-order valence-corrected chi connectivity index (χ2v) is 7.01. The molecule has 1 aromatic carbocycles. The monoisotopic (exact) mass is 279 g/mol. The minimum Gasteiger partial charge on any atom is -0.496 e. The van der Waals surface area contributed by atoms with Gasteiger partial charge in [0, 0.05) is 21.8 Å². The average molecular weight is 279 g/mol. The molecule has 106 valence electrons. The molecule has 0 spiro atoms. The van der Waals surface area contributed by atoms with E-state index in [1.165, 1.54) is 30.6 Å². The van der Waals surface area contributed by atoms with E-state index in [1.54, 1.807) is 7.11 Å². The summed E-state index contributed by atoms with van der Waals surface area (Å²) in [5.41, 5.74) is 7.29. The van der Waals surface area contributed by atoms with Gasteiger partial charge >= 0.3 is 0 Å². The quantitative estimate of drug-likeness (QED) is 0.888. The number of benzene rings is 1. The van der Waals surface area contributed by atoms with Crippen LogP contribution in [-0.4, -0.2) is 12.4 Å². The van der Waals surface area contributed by atoms with Crippen LogP contribution in [-0.2, 0) is 0 Å². The van der Waals surface area contributed by atoms with Crippen molar-refractivity contribution < 1.29 is 4.74 Å². The summed E-state index contributed by atoms with van der Waals surface area (Å²) >= 11 is 1.99. The smallest absolute Gasteiger partial charge is 0.124 e. The zero-order valence-corrected chi connectivity index (χ0v) is 13.0. The van der Waals surface area contributed by atoms with Crippen LogP contribution in [0.1, 0.15) is 51.1 Å².